The molecular formula is C22H16Cl2F3NO2. The second kappa shape index (κ2) is 8.98. The Hall–Kier alpha value is -2.70. The van der Waals surface area contributed by atoms with Gasteiger partial charge < -0.3 is 10.4 Å². The average molecular weight is 454 g/mol. The second-order valence-electron chi connectivity index (χ2n) is 6.60. The van der Waals surface area contributed by atoms with Crippen LogP contribution in [0.15, 0.2) is 60.7 Å². The summed E-state index contributed by atoms with van der Waals surface area (Å²) in [5.74, 6) is -1.44. The molecule has 0 aromatic heterocycles. The SMILES string of the molecule is O=C(O)c1cccc(C(F)(F)F)c1Nc1ccc(CCc2ccc(Cl)c(Cl)c2)cc1. The van der Waals surface area contributed by atoms with Crippen LogP contribution in [0.4, 0.5) is 24.5 Å². The van der Waals surface area contributed by atoms with Gasteiger partial charge in [0.15, 0.2) is 0 Å². The Balaban J connectivity index is 1.77. The van der Waals surface area contributed by atoms with Crippen LogP contribution in [0.3, 0.4) is 0 Å². The maximum Gasteiger partial charge on any atom is 0.418 e. The van der Waals surface area contributed by atoms with Crippen LogP contribution in [0.25, 0.3) is 0 Å². The first-order valence-electron chi connectivity index (χ1n) is 8.88. The van der Waals surface area contributed by atoms with Crippen molar-refractivity contribution in [2.45, 2.75) is 19.0 Å². The van der Waals surface area contributed by atoms with Crippen molar-refractivity contribution < 1.29 is 23.1 Å². The summed E-state index contributed by atoms with van der Waals surface area (Å²) in [6.07, 6.45) is -3.28. The standard InChI is InChI=1S/C22H16Cl2F3NO2/c23-18-11-8-14(12-19(18)24)5-4-13-6-9-15(10-7-13)28-20-16(21(29)30)2-1-3-17(20)22(25,26)27/h1-3,6-12,28H,4-5H2,(H,29,30). The third-order valence-electron chi connectivity index (χ3n) is 4.51. The minimum absolute atomic E-state index is 0.354. The fraction of sp³-hybridized carbons (Fsp3) is 0.136. The molecule has 0 saturated heterocycles. The third kappa shape index (κ3) is 5.26. The molecular weight excluding hydrogens is 438 g/mol. The molecule has 3 rings (SSSR count). The van der Waals surface area contributed by atoms with Gasteiger partial charge in [-0.05, 0) is 60.4 Å². The Morgan fingerprint density at radius 2 is 1.53 bits per heavy atom. The molecule has 8 heteroatoms. The summed E-state index contributed by atoms with van der Waals surface area (Å²) in [7, 11) is 0. The molecule has 0 aliphatic carbocycles. The highest BCUT2D eigenvalue weighted by molar-refractivity contribution is 6.42. The number of carboxylic acid groups (broad SMARTS) is 1. The first-order chi connectivity index (χ1) is 14.1. The van der Waals surface area contributed by atoms with Gasteiger partial charge in [-0.15, -0.1) is 0 Å². The number of aromatic carboxylic acids is 1. The number of halogens is 5. The van der Waals surface area contributed by atoms with Crippen LogP contribution in [0, 0.1) is 0 Å². The van der Waals surface area contributed by atoms with Crippen molar-refractivity contribution in [3.8, 4) is 0 Å². The number of anilines is 2. The van der Waals surface area contributed by atoms with Crippen molar-refractivity contribution in [2.24, 2.45) is 0 Å². The summed E-state index contributed by atoms with van der Waals surface area (Å²) in [5.41, 5.74) is 0.360. The van der Waals surface area contributed by atoms with E-state index >= 15 is 0 Å². The van der Waals surface area contributed by atoms with Gasteiger partial charge in [-0.2, -0.15) is 13.2 Å². The van der Waals surface area contributed by atoms with Gasteiger partial charge in [0.1, 0.15) is 0 Å². The average Bonchev–Trinajstić information content (AvgIpc) is 2.69. The summed E-state index contributed by atoms with van der Waals surface area (Å²) < 4.78 is 40.0. The maximum atomic E-state index is 13.3. The van der Waals surface area contributed by atoms with Crippen molar-refractivity contribution in [1.82, 2.24) is 0 Å². The van der Waals surface area contributed by atoms with Crippen molar-refractivity contribution in [2.75, 3.05) is 5.32 Å². The highest BCUT2D eigenvalue weighted by Gasteiger charge is 2.35. The largest absolute Gasteiger partial charge is 0.478 e. The van der Waals surface area contributed by atoms with E-state index in [4.69, 9.17) is 23.2 Å². The number of alkyl halides is 3. The molecule has 156 valence electrons. The van der Waals surface area contributed by atoms with Gasteiger partial charge in [-0.1, -0.05) is 47.5 Å². The molecule has 0 heterocycles. The van der Waals surface area contributed by atoms with Crippen molar-refractivity contribution >= 4 is 40.5 Å². The lowest BCUT2D eigenvalue weighted by molar-refractivity contribution is -0.136. The number of rotatable bonds is 6. The van der Waals surface area contributed by atoms with E-state index in [-0.39, 0.29) is 0 Å². The predicted octanol–water partition coefficient (Wildman–Crippen LogP) is 7.24. The van der Waals surface area contributed by atoms with Gasteiger partial charge in [-0.3, -0.25) is 0 Å². The predicted molar refractivity (Wildman–Crippen MR) is 112 cm³/mol. The summed E-state index contributed by atoms with van der Waals surface area (Å²) in [4.78, 5) is 11.4. The fourth-order valence-corrected chi connectivity index (χ4v) is 3.31. The van der Waals surface area contributed by atoms with Gasteiger partial charge >= 0.3 is 12.1 Å². The molecule has 0 aliphatic heterocycles. The molecule has 30 heavy (non-hydrogen) atoms. The minimum Gasteiger partial charge on any atom is -0.478 e. The van der Waals surface area contributed by atoms with Gasteiger partial charge in [0.05, 0.1) is 26.9 Å². The zero-order valence-electron chi connectivity index (χ0n) is 15.4. The molecule has 3 aromatic rings. The van der Waals surface area contributed by atoms with E-state index in [2.05, 4.69) is 5.32 Å². The van der Waals surface area contributed by atoms with Crippen molar-refractivity contribution in [3.05, 3.63) is 93.0 Å². The first kappa shape index (κ1) is 22.0. The summed E-state index contributed by atoms with van der Waals surface area (Å²) in [5, 5.41) is 12.8. The van der Waals surface area contributed by atoms with E-state index < -0.39 is 29.0 Å². The van der Waals surface area contributed by atoms with E-state index in [1.165, 1.54) is 0 Å². The molecule has 0 radical (unpaired) electrons. The van der Waals surface area contributed by atoms with E-state index in [0.717, 1.165) is 29.3 Å². The van der Waals surface area contributed by atoms with E-state index in [9.17, 15) is 23.1 Å². The lowest BCUT2D eigenvalue weighted by Gasteiger charge is -2.17. The molecule has 0 saturated carbocycles. The quantitative estimate of drug-likeness (QED) is 0.413. The fourth-order valence-electron chi connectivity index (χ4n) is 2.98. The van der Waals surface area contributed by atoms with Crippen LogP contribution >= 0.6 is 23.2 Å². The smallest absolute Gasteiger partial charge is 0.418 e. The second-order valence-corrected chi connectivity index (χ2v) is 7.42. The summed E-state index contributed by atoms with van der Waals surface area (Å²) in [6.45, 7) is 0. The minimum atomic E-state index is -4.69. The van der Waals surface area contributed by atoms with Gasteiger partial charge in [0.2, 0.25) is 0 Å². The number of benzene rings is 3. The number of carboxylic acids is 1. The Bertz CT molecular complexity index is 1070. The first-order valence-corrected chi connectivity index (χ1v) is 9.64. The van der Waals surface area contributed by atoms with E-state index in [1.54, 1.807) is 36.4 Å². The normalized spacial score (nSPS) is 11.4. The lowest BCUT2D eigenvalue weighted by atomic mass is 10.0. The van der Waals surface area contributed by atoms with Crippen LogP contribution in [-0.4, -0.2) is 11.1 Å². The summed E-state index contributed by atoms with van der Waals surface area (Å²) >= 11 is 11.9. The van der Waals surface area contributed by atoms with Gasteiger partial charge in [0.25, 0.3) is 0 Å². The number of hydrogen-bond donors (Lipinski definition) is 2. The Morgan fingerprint density at radius 1 is 0.900 bits per heavy atom. The van der Waals surface area contributed by atoms with Gasteiger partial charge in [-0.25, -0.2) is 4.79 Å². The number of nitrogens with one attached hydrogen (secondary N) is 1. The number of hydrogen-bond acceptors (Lipinski definition) is 2. The number of para-hydroxylation sites is 1. The van der Waals surface area contributed by atoms with Crippen LogP contribution < -0.4 is 5.32 Å². The molecule has 0 fully saturated rings. The zero-order valence-corrected chi connectivity index (χ0v) is 16.9. The molecule has 2 N–H and O–H groups in total. The van der Waals surface area contributed by atoms with Crippen LogP contribution in [0.5, 0.6) is 0 Å². The molecule has 0 atom stereocenters. The molecule has 0 amide bonds. The molecule has 3 aromatic carbocycles. The maximum absolute atomic E-state index is 13.3. The molecule has 0 aliphatic rings. The molecule has 0 unspecified atom stereocenters. The Morgan fingerprint density at radius 3 is 2.13 bits per heavy atom. The molecule has 0 spiro atoms. The number of carbonyl (C=O) groups is 1. The van der Waals surface area contributed by atoms with Crippen LogP contribution in [-0.2, 0) is 19.0 Å². The monoisotopic (exact) mass is 453 g/mol. The van der Waals surface area contributed by atoms with Crippen LogP contribution in [0.2, 0.25) is 10.0 Å². The third-order valence-corrected chi connectivity index (χ3v) is 5.25. The Kier molecular flexibility index (Phi) is 6.58. The van der Waals surface area contributed by atoms with Gasteiger partial charge in [0, 0.05) is 5.69 Å². The lowest BCUT2D eigenvalue weighted by Crippen LogP contribution is -2.13. The topological polar surface area (TPSA) is 49.3 Å². The number of aryl methyl sites for hydroxylation is 2. The Labute approximate surface area is 181 Å². The highest BCUT2D eigenvalue weighted by Crippen LogP contribution is 2.38. The van der Waals surface area contributed by atoms with Crippen LogP contribution in [0.1, 0.15) is 27.0 Å². The molecule has 3 nitrogen and oxygen atoms in total. The highest BCUT2D eigenvalue weighted by atomic mass is 35.5. The molecule has 0 bridgehead atoms. The van der Waals surface area contributed by atoms with Crippen molar-refractivity contribution in [3.63, 3.8) is 0 Å². The summed E-state index contributed by atoms with van der Waals surface area (Å²) in [6, 6.07) is 15.2. The van der Waals surface area contributed by atoms with Crippen molar-refractivity contribution in [1.29, 1.82) is 0 Å². The van der Waals surface area contributed by atoms with E-state index in [1.807, 2.05) is 6.07 Å². The zero-order chi connectivity index (χ0) is 21.9. The van der Waals surface area contributed by atoms with E-state index in [0.29, 0.717) is 28.6 Å².